The van der Waals surface area contributed by atoms with E-state index in [9.17, 15) is 0 Å². The number of nitrogens with one attached hydrogen (secondary N) is 2. The molecule has 1 aliphatic carbocycles. The van der Waals surface area contributed by atoms with Crippen molar-refractivity contribution < 1.29 is 0 Å². The van der Waals surface area contributed by atoms with E-state index in [1.807, 2.05) is 0 Å². The van der Waals surface area contributed by atoms with Crippen molar-refractivity contribution in [2.45, 2.75) is 45.6 Å². The maximum atomic E-state index is 4.74. The van der Waals surface area contributed by atoms with Crippen molar-refractivity contribution in [3.8, 4) is 0 Å². The average molecular weight is 277 g/mol. The van der Waals surface area contributed by atoms with E-state index in [0.29, 0.717) is 12.0 Å². The minimum atomic E-state index is 0.361. The summed E-state index contributed by atoms with van der Waals surface area (Å²) in [6, 6.07) is 0.361. The van der Waals surface area contributed by atoms with Crippen LogP contribution in [0.1, 0.15) is 44.0 Å². The number of hydrogen-bond donors (Lipinski definition) is 2. The molecule has 2 N–H and O–H groups in total. The highest BCUT2D eigenvalue weighted by atomic mass is 15.1. The summed E-state index contributed by atoms with van der Waals surface area (Å²) in [5.74, 6) is 3.51. The van der Waals surface area contributed by atoms with Crippen LogP contribution in [0.25, 0.3) is 0 Å². The van der Waals surface area contributed by atoms with E-state index in [1.54, 1.807) is 0 Å². The molecule has 5 heteroatoms. The Morgan fingerprint density at radius 2 is 1.90 bits per heavy atom. The molecule has 0 aliphatic heterocycles. The van der Waals surface area contributed by atoms with E-state index in [2.05, 4.69) is 55.4 Å². The highest BCUT2D eigenvalue weighted by molar-refractivity contribution is 5.58. The van der Waals surface area contributed by atoms with Crippen LogP contribution in [0.5, 0.6) is 0 Å². The van der Waals surface area contributed by atoms with Gasteiger partial charge < -0.3 is 15.5 Å². The van der Waals surface area contributed by atoms with Crippen LogP contribution in [0.2, 0.25) is 0 Å². The number of nitrogens with zero attached hydrogens (tertiary/aromatic N) is 3. The molecule has 1 aliphatic rings. The topological polar surface area (TPSA) is 53.1 Å². The first-order valence-electron chi connectivity index (χ1n) is 7.55. The first kappa shape index (κ1) is 15.0. The number of rotatable bonds is 7. The SMILES string of the molecule is CCNc1nc(C2CC2)nc(NC(C)CN(C)C)c1C. The molecule has 112 valence electrons. The third kappa shape index (κ3) is 3.82. The molecule has 20 heavy (non-hydrogen) atoms. The van der Waals surface area contributed by atoms with Gasteiger partial charge in [-0.05, 0) is 47.7 Å². The lowest BCUT2D eigenvalue weighted by atomic mass is 10.2. The van der Waals surface area contributed by atoms with Gasteiger partial charge in [0.25, 0.3) is 0 Å². The van der Waals surface area contributed by atoms with Crippen molar-refractivity contribution in [3.63, 3.8) is 0 Å². The van der Waals surface area contributed by atoms with Crippen molar-refractivity contribution in [3.05, 3.63) is 11.4 Å². The predicted octanol–water partition coefficient (Wildman–Crippen LogP) is 2.46. The molecule has 5 nitrogen and oxygen atoms in total. The molecule has 0 saturated heterocycles. The van der Waals surface area contributed by atoms with Crippen LogP contribution in [-0.2, 0) is 0 Å². The summed E-state index contributed by atoms with van der Waals surface area (Å²) >= 11 is 0. The van der Waals surface area contributed by atoms with Crippen LogP contribution in [0, 0.1) is 6.92 Å². The van der Waals surface area contributed by atoms with Gasteiger partial charge in [-0.1, -0.05) is 0 Å². The molecule has 1 unspecified atom stereocenters. The second kappa shape index (κ2) is 6.39. The van der Waals surface area contributed by atoms with Gasteiger partial charge in [0.1, 0.15) is 17.5 Å². The highest BCUT2D eigenvalue weighted by Gasteiger charge is 2.28. The molecule has 0 spiro atoms. The predicted molar refractivity (Wildman–Crippen MR) is 84.5 cm³/mol. The first-order valence-corrected chi connectivity index (χ1v) is 7.55. The largest absolute Gasteiger partial charge is 0.370 e. The molecular weight excluding hydrogens is 250 g/mol. The fourth-order valence-electron chi connectivity index (χ4n) is 2.36. The maximum absolute atomic E-state index is 4.74. The van der Waals surface area contributed by atoms with Gasteiger partial charge in [-0.15, -0.1) is 0 Å². The van der Waals surface area contributed by atoms with E-state index in [4.69, 9.17) is 4.98 Å². The van der Waals surface area contributed by atoms with Crippen LogP contribution in [0.3, 0.4) is 0 Å². The molecule has 0 bridgehead atoms. The summed E-state index contributed by atoms with van der Waals surface area (Å²) in [7, 11) is 4.18. The van der Waals surface area contributed by atoms with Gasteiger partial charge >= 0.3 is 0 Å². The van der Waals surface area contributed by atoms with Crippen LogP contribution in [0.15, 0.2) is 0 Å². The van der Waals surface area contributed by atoms with Gasteiger partial charge in [0.15, 0.2) is 0 Å². The third-order valence-corrected chi connectivity index (χ3v) is 3.47. The molecule has 1 saturated carbocycles. The van der Waals surface area contributed by atoms with Gasteiger partial charge in [0.05, 0.1) is 0 Å². The molecule has 1 aromatic rings. The molecule has 0 amide bonds. The lowest BCUT2D eigenvalue weighted by molar-refractivity contribution is 0.391. The van der Waals surface area contributed by atoms with E-state index >= 15 is 0 Å². The van der Waals surface area contributed by atoms with Crippen LogP contribution in [0.4, 0.5) is 11.6 Å². The number of likely N-dealkylation sites (N-methyl/N-ethyl adjacent to an activating group) is 1. The van der Waals surface area contributed by atoms with Gasteiger partial charge in [0, 0.05) is 30.6 Å². The lowest BCUT2D eigenvalue weighted by Gasteiger charge is -2.21. The Labute approximate surface area is 122 Å². The van der Waals surface area contributed by atoms with Crippen LogP contribution >= 0.6 is 0 Å². The molecule has 2 rings (SSSR count). The number of hydrogen-bond acceptors (Lipinski definition) is 5. The van der Waals surface area contributed by atoms with Gasteiger partial charge in [-0.2, -0.15) is 0 Å². The second-order valence-corrected chi connectivity index (χ2v) is 6.02. The van der Waals surface area contributed by atoms with Gasteiger partial charge in [-0.3, -0.25) is 0 Å². The Bertz CT molecular complexity index is 454. The quantitative estimate of drug-likeness (QED) is 0.802. The van der Waals surface area contributed by atoms with E-state index in [-0.39, 0.29) is 0 Å². The zero-order valence-electron chi connectivity index (χ0n) is 13.3. The van der Waals surface area contributed by atoms with E-state index in [1.165, 1.54) is 12.8 Å². The average Bonchev–Trinajstić information content (AvgIpc) is 3.17. The second-order valence-electron chi connectivity index (χ2n) is 6.02. The maximum Gasteiger partial charge on any atom is 0.136 e. The zero-order chi connectivity index (χ0) is 14.7. The summed E-state index contributed by atoms with van der Waals surface area (Å²) in [4.78, 5) is 11.6. The van der Waals surface area contributed by atoms with Crippen LogP contribution < -0.4 is 10.6 Å². The summed E-state index contributed by atoms with van der Waals surface area (Å²) < 4.78 is 0. The Kier molecular flexibility index (Phi) is 4.81. The van der Waals surface area contributed by atoms with Crippen molar-refractivity contribution in [2.75, 3.05) is 37.8 Å². The zero-order valence-corrected chi connectivity index (χ0v) is 13.3. The summed E-state index contributed by atoms with van der Waals surface area (Å²) in [6.07, 6.45) is 2.45. The fraction of sp³-hybridized carbons (Fsp3) is 0.733. The molecule has 1 heterocycles. The Balaban J connectivity index is 2.20. The van der Waals surface area contributed by atoms with E-state index < -0.39 is 0 Å². The van der Waals surface area contributed by atoms with Crippen molar-refractivity contribution in [2.24, 2.45) is 0 Å². The molecule has 1 atom stereocenters. The van der Waals surface area contributed by atoms with Gasteiger partial charge in [-0.25, -0.2) is 9.97 Å². The van der Waals surface area contributed by atoms with Crippen molar-refractivity contribution in [1.82, 2.24) is 14.9 Å². The van der Waals surface area contributed by atoms with Crippen molar-refractivity contribution >= 4 is 11.6 Å². The Morgan fingerprint density at radius 1 is 1.25 bits per heavy atom. The minimum Gasteiger partial charge on any atom is -0.370 e. The normalized spacial score (nSPS) is 16.3. The Hall–Kier alpha value is -1.36. The Morgan fingerprint density at radius 3 is 2.45 bits per heavy atom. The summed E-state index contributed by atoms with van der Waals surface area (Å²) in [5.41, 5.74) is 1.11. The lowest BCUT2D eigenvalue weighted by Crippen LogP contribution is -2.30. The minimum absolute atomic E-state index is 0.361. The third-order valence-electron chi connectivity index (χ3n) is 3.47. The highest BCUT2D eigenvalue weighted by Crippen LogP contribution is 2.39. The summed E-state index contributed by atoms with van der Waals surface area (Å²) in [6.45, 7) is 8.23. The molecule has 1 fully saturated rings. The molecular formula is C15H27N5. The number of anilines is 2. The standard InChI is InChI=1S/C15H27N5/c1-6-16-13-11(3)14(17-10(2)9-20(4)5)19-15(18-13)12-7-8-12/h10,12H,6-9H2,1-5H3,(H2,16,17,18,19). The smallest absolute Gasteiger partial charge is 0.136 e. The summed E-state index contributed by atoms with van der Waals surface area (Å²) in [5, 5.41) is 6.88. The molecule has 0 aromatic carbocycles. The van der Waals surface area contributed by atoms with Crippen LogP contribution in [-0.4, -0.2) is 48.1 Å². The fourth-order valence-corrected chi connectivity index (χ4v) is 2.36. The first-order chi connectivity index (χ1) is 9.51. The van der Waals surface area contributed by atoms with Gasteiger partial charge in [0.2, 0.25) is 0 Å². The van der Waals surface area contributed by atoms with Crippen molar-refractivity contribution in [1.29, 1.82) is 0 Å². The number of aromatic nitrogens is 2. The molecule has 1 aromatic heterocycles. The van der Waals surface area contributed by atoms with E-state index in [0.717, 1.165) is 36.1 Å². The molecule has 0 radical (unpaired) electrons. The monoisotopic (exact) mass is 277 g/mol.